The number of aromatic hydroxyl groups is 1. The fourth-order valence-corrected chi connectivity index (χ4v) is 3.76. The van der Waals surface area contributed by atoms with E-state index >= 15 is 0 Å². The summed E-state index contributed by atoms with van der Waals surface area (Å²) in [5.41, 5.74) is 1.38. The first kappa shape index (κ1) is 23.5. The van der Waals surface area contributed by atoms with Crippen LogP contribution in [0.15, 0.2) is 24.3 Å². The summed E-state index contributed by atoms with van der Waals surface area (Å²) in [6.07, 6.45) is 17.5. The Hall–Kier alpha value is -1.51. The fraction of sp³-hybridized carbons (Fsp3) is 0.708. The van der Waals surface area contributed by atoms with Crippen molar-refractivity contribution in [1.29, 1.82) is 0 Å². The maximum Gasteiger partial charge on any atom is 0.303 e. The molecular formula is C24H40O3. The number of unbranched alkanes of at least 4 members (excludes halogenated alkanes) is 10. The normalized spacial score (nSPS) is 12.2. The molecule has 1 rings (SSSR count). The lowest BCUT2D eigenvalue weighted by Gasteiger charge is -2.17. The van der Waals surface area contributed by atoms with Crippen molar-refractivity contribution in [2.24, 2.45) is 0 Å². The number of carboxylic acid groups (broad SMARTS) is 1. The number of benzene rings is 1. The number of phenols is 1. The van der Waals surface area contributed by atoms with Gasteiger partial charge in [-0.2, -0.15) is 0 Å². The number of aliphatic carboxylic acids is 1. The molecule has 3 nitrogen and oxygen atoms in total. The van der Waals surface area contributed by atoms with Gasteiger partial charge in [0.15, 0.2) is 0 Å². The van der Waals surface area contributed by atoms with E-state index in [0.717, 1.165) is 12.8 Å². The van der Waals surface area contributed by atoms with Gasteiger partial charge < -0.3 is 10.2 Å². The lowest BCUT2D eigenvalue weighted by atomic mass is 9.88. The summed E-state index contributed by atoms with van der Waals surface area (Å²) in [5.74, 6) is 0.323. The number of hydrogen-bond acceptors (Lipinski definition) is 2. The van der Waals surface area contributed by atoms with Crippen LogP contribution >= 0.6 is 0 Å². The highest BCUT2D eigenvalue weighted by atomic mass is 16.4. The molecule has 0 spiro atoms. The first-order valence-corrected chi connectivity index (χ1v) is 11.1. The van der Waals surface area contributed by atoms with Crippen molar-refractivity contribution in [2.45, 2.75) is 109 Å². The molecule has 0 aromatic heterocycles. The molecular weight excluding hydrogens is 336 g/mol. The van der Waals surface area contributed by atoms with Gasteiger partial charge in [0.05, 0.1) is 0 Å². The minimum absolute atomic E-state index is 0.323. The third kappa shape index (κ3) is 12.5. The second-order valence-corrected chi connectivity index (χ2v) is 7.90. The van der Waals surface area contributed by atoms with E-state index < -0.39 is 5.97 Å². The van der Waals surface area contributed by atoms with Gasteiger partial charge in [-0.05, 0) is 42.9 Å². The highest BCUT2D eigenvalue weighted by molar-refractivity contribution is 5.66. The van der Waals surface area contributed by atoms with Gasteiger partial charge in [-0.3, -0.25) is 4.79 Å². The molecule has 1 atom stereocenters. The number of hydrogen-bond donors (Lipinski definition) is 2. The predicted octanol–water partition coefficient (Wildman–Crippen LogP) is 7.43. The zero-order valence-corrected chi connectivity index (χ0v) is 17.3. The topological polar surface area (TPSA) is 57.5 Å². The fourth-order valence-electron chi connectivity index (χ4n) is 3.76. The molecule has 3 heteroatoms. The molecule has 1 unspecified atom stereocenters. The van der Waals surface area contributed by atoms with Crippen LogP contribution in [0.2, 0.25) is 0 Å². The van der Waals surface area contributed by atoms with Crippen molar-refractivity contribution in [3.8, 4) is 5.75 Å². The van der Waals surface area contributed by atoms with Crippen LogP contribution in [0.25, 0.3) is 0 Å². The Balaban J connectivity index is 2.05. The minimum Gasteiger partial charge on any atom is -0.508 e. The van der Waals surface area contributed by atoms with Gasteiger partial charge in [0, 0.05) is 6.42 Å². The van der Waals surface area contributed by atoms with Crippen LogP contribution in [-0.4, -0.2) is 16.2 Å². The van der Waals surface area contributed by atoms with Crippen LogP contribution in [0.1, 0.15) is 115 Å². The summed E-state index contributed by atoms with van der Waals surface area (Å²) < 4.78 is 0. The third-order valence-corrected chi connectivity index (χ3v) is 5.46. The standard InChI is InChI=1S/C24H40O3/c1-2-3-14-21(22-17-19-23(25)20-18-22)15-12-10-8-6-4-5-7-9-11-13-16-24(26)27/h17-21,25H,2-16H2,1H3,(H,26,27). The van der Waals surface area contributed by atoms with E-state index in [0.29, 0.717) is 18.1 Å². The zero-order chi connectivity index (χ0) is 19.7. The number of carboxylic acids is 1. The van der Waals surface area contributed by atoms with Crippen molar-refractivity contribution in [1.82, 2.24) is 0 Å². The Morgan fingerprint density at radius 2 is 1.26 bits per heavy atom. The molecule has 0 amide bonds. The van der Waals surface area contributed by atoms with Gasteiger partial charge in [-0.25, -0.2) is 0 Å². The van der Waals surface area contributed by atoms with Crippen molar-refractivity contribution in [3.63, 3.8) is 0 Å². The molecule has 0 aliphatic heterocycles. The SMILES string of the molecule is CCCCC(CCCCCCCCCCCCC(=O)O)c1ccc(O)cc1. The molecule has 0 aliphatic rings. The summed E-state index contributed by atoms with van der Waals surface area (Å²) in [4.78, 5) is 10.4. The number of phenolic OH excluding ortho intramolecular Hbond substituents is 1. The maximum atomic E-state index is 10.4. The van der Waals surface area contributed by atoms with Crippen LogP contribution in [0, 0.1) is 0 Å². The van der Waals surface area contributed by atoms with Crippen molar-refractivity contribution >= 4 is 5.97 Å². The third-order valence-electron chi connectivity index (χ3n) is 5.46. The van der Waals surface area contributed by atoms with Gasteiger partial charge in [0.25, 0.3) is 0 Å². The van der Waals surface area contributed by atoms with Crippen LogP contribution in [-0.2, 0) is 4.79 Å². The Morgan fingerprint density at radius 3 is 1.78 bits per heavy atom. The van der Waals surface area contributed by atoms with Gasteiger partial charge in [-0.15, -0.1) is 0 Å². The Morgan fingerprint density at radius 1 is 0.778 bits per heavy atom. The summed E-state index contributed by atoms with van der Waals surface area (Å²) >= 11 is 0. The van der Waals surface area contributed by atoms with Gasteiger partial charge in [0.2, 0.25) is 0 Å². The van der Waals surface area contributed by atoms with Gasteiger partial charge >= 0.3 is 5.97 Å². The molecule has 1 aromatic rings. The first-order valence-electron chi connectivity index (χ1n) is 11.1. The average molecular weight is 377 g/mol. The molecule has 0 heterocycles. The Bertz CT molecular complexity index is 481. The van der Waals surface area contributed by atoms with E-state index in [2.05, 4.69) is 19.1 Å². The first-order chi connectivity index (χ1) is 13.1. The van der Waals surface area contributed by atoms with Crippen molar-refractivity contribution in [2.75, 3.05) is 0 Å². The van der Waals surface area contributed by atoms with Crippen molar-refractivity contribution in [3.05, 3.63) is 29.8 Å². The monoisotopic (exact) mass is 376 g/mol. The molecule has 0 saturated heterocycles. The van der Waals surface area contributed by atoms with E-state index in [1.165, 1.54) is 82.6 Å². The second-order valence-electron chi connectivity index (χ2n) is 7.90. The summed E-state index contributed by atoms with van der Waals surface area (Å²) in [6.45, 7) is 2.25. The smallest absolute Gasteiger partial charge is 0.303 e. The molecule has 0 bridgehead atoms. The summed E-state index contributed by atoms with van der Waals surface area (Å²) in [5, 5.41) is 18.1. The van der Waals surface area contributed by atoms with E-state index in [-0.39, 0.29) is 0 Å². The second kappa shape index (κ2) is 15.5. The highest BCUT2D eigenvalue weighted by Crippen LogP contribution is 2.29. The quantitative estimate of drug-likeness (QED) is 0.278. The average Bonchev–Trinajstić information content (AvgIpc) is 2.65. The van der Waals surface area contributed by atoms with E-state index in [4.69, 9.17) is 5.11 Å². The molecule has 0 saturated carbocycles. The zero-order valence-electron chi connectivity index (χ0n) is 17.3. The van der Waals surface area contributed by atoms with Crippen LogP contribution in [0.5, 0.6) is 5.75 Å². The molecule has 27 heavy (non-hydrogen) atoms. The number of carbonyl (C=O) groups is 1. The molecule has 0 radical (unpaired) electrons. The van der Waals surface area contributed by atoms with Crippen molar-refractivity contribution < 1.29 is 15.0 Å². The van der Waals surface area contributed by atoms with Gasteiger partial charge in [-0.1, -0.05) is 89.7 Å². The Kier molecular flexibility index (Phi) is 13.5. The largest absolute Gasteiger partial charge is 0.508 e. The van der Waals surface area contributed by atoms with E-state index in [1.54, 1.807) is 0 Å². The predicted molar refractivity (Wildman–Crippen MR) is 113 cm³/mol. The lowest BCUT2D eigenvalue weighted by molar-refractivity contribution is -0.137. The molecule has 1 aromatic carbocycles. The minimum atomic E-state index is -0.669. The molecule has 0 fully saturated rings. The molecule has 154 valence electrons. The molecule has 2 N–H and O–H groups in total. The highest BCUT2D eigenvalue weighted by Gasteiger charge is 2.11. The Labute approximate surface area is 166 Å². The lowest BCUT2D eigenvalue weighted by Crippen LogP contribution is -1.99. The van der Waals surface area contributed by atoms with Crippen LogP contribution in [0.3, 0.4) is 0 Å². The van der Waals surface area contributed by atoms with Crippen LogP contribution in [0.4, 0.5) is 0 Å². The van der Waals surface area contributed by atoms with E-state index in [1.807, 2.05) is 12.1 Å². The maximum absolute atomic E-state index is 10.4. The van der Waals surface area contributed by atoms with Crippen LogP contribution < -0.4 is 0 Å². The molecule has 0 aliphatic carbocycles. The summed E-state index contributed by atoms with van der Waals surface area (Å²) in [7, 11) is 0. The summed E-state index contributed by atoms with van der Waals surface area (Å²) in [6, 6.07) is 7.81. The van der Waals surface area contributed by atoms with Gasteiger partial charge in [0.1, 0.15) is 5.75 Å². The van der Waals surface area contributed by atoms with E-state index in [9.17, 15) is 9.90 Å². The number of rotatable bonds is 17.